The monoisotopic (exact) mass is 586 g/mol. The Morgan fingerprint density at radius 2 is 1.59 bits per heavy atom. The van der Waals surface area contributed by atoms with Crippen molar-refractivity contribution in [1.82, 2.24) is 20.9 Å². The maximum Gasteiger partial charge on any atom is 0.326 e. The van der Waals surface area contributed by atoms with Crippen LogP contribution in [0.25, 0.3) is 0 Å². The summed E-state index contributed by atoms with van der Waals surface area (Å²) in [6.07, 6.45) is 0.206. The van der Waals surface area contributed by atoms with E-state index in [0.717, 1.165) is 0 Å². The van der Waals surface area contributed by atoms with Crippen LogP contribution >= 0.6 is 0 Å². The Morgan fingerprint density at radius 3 is 2.12 bits per heavy atom. The molecule has 0 saturated carbocycles. The van der Waals surface area contributed by atoms with Crippen molar-refractivity contribution in [2.75, 3.05) is 13.1 Å². The average Bonchev–Trinajstić information content (AvgIpc) is 3.38. The number of unbranched alkanes of at least 4 members (excludes halogenated alkanes) is 1. The number of likely N-dealkylation sites (tertiary alicyclic amines) is 1. The lowest BCUT2D eigenvalue weighted by Crippen LogP contribution is -2.60. The zero-order chi connectivity index (χ0) is 31.3. The zero-order valence-corrected chi connectivity index (χ0v) is 24.0. The van der Waals surface area contributed by atoms with E-state index in [1.807, 2.05) is 13.8 Å². The number of hydrogen-bond donors (Lipinski definition) is 8. The summed E-state index contributed by atoms with van der Waals surface area (Å²) in [6, 6.07) is -6.01. The molecule has 0 radical (unpaired) electrons. The number of carboxylic acids is 2. The van der Waals surface area contributed by atoms with Crippen LogP contribution in [0.4, 0.5) is 0 Å². The summed E-state index contributed by atoms with van der Waals surface area (Å²) >= 11 is 0. The number of aliphatic carboxylic acids is 2. The molecule has 41 heavy (non-hydrogen) atoms. The minimum absolute atomic E-state index is 0.0115. The fourth-order valence-electron chi connectivity index (χ4n) is 4.54. The molecule has 0 spiro atoms. The van der Waals surface area contributed by atoms with E-state index in [4.69, 9.17) is 16.6 Å². The van der Waals surface area contributed by atoms with Crippen LogP contribution in [-0.4, -0.2) is 105 Å². The summed E-state index contributed by atoms with van der Waals surface area (Å²) in [6.45, 7) is 5.44. The fraction of sp³-hybridized carbons (Fsp3) is 0.769. The number of carbonyl (C=O) groups is 6. The van der Waals surface area contributed by atoms with Crippen LogP contribution in [0.15, 0.2) is 0 Å². The van der Waals surface area contributed by atoms with Gasteiger partial charge >= 0.3 is 11.9 Å². The van der Waals surface area contributed by atoms with Gasteiger partial charge in [0.25, 0.3) is 0 Å². The maximum absolute atomic E-state index is 13.4. The molecule has 1 rings (SSSR count). The van der Waals surface area contributed by atoms with E-state index in [1.165, 1.54) is 11.8 Å². The predicted molar refractivity (Wildman–Crippen MR) is 147 cm³/mol. The van der Waals surface area contributed by atoms with Gasteiger partial charge in [-0.25, -0.2) is 4.79 Å². The lowest BCUT2D eigenvalue weighted by atomic mass is 10.0. The molecular weight excluding hydrogens is 540 g/mol. The number of rotatable bonds is 18. The second kappa shape index (κ2) is 17.5. The molecule has 1 aliphatic rings. The molecule has 0 aliphatic carbocycles. The van der Waals surface area contributed by atoms with Crippen molar-refractivity contribution in [2.45, 2.75) is 108 Å². The van der Waals surface area contributed by atoms with Gasteiger partial charge in [-0.15, -0.1) is 0 Å². The predicted octanol–water partition coefficient (Wildman–Crippen LogP) is -1.74. The van der Waals surface area contributed by atoms with E-state index in [1.54, 1.807) is 0 Å². The lowest BCUT2D eigenvalue weighted by molar-refractivity contribution is -0.146. The first-order chi connectivity index (χ1) is 19.2. The number of nitrogens with zero attached hydrogens (tertiary/aromatic N) is 1. The van der Waals surface area contributed by atoms with Gasteiger partial charge in [-0.05, 0) is 57.9 Å². The molecule has 0 unspecified atom stereocenters. The van der Waals surface area contributed by atoms with Crippen LogP contribution in [0.2, 0.25) is 0 Å². The molecule has 0 bridgehead atoms. The van der Waals surface area contributed by atoms with Crippen LogP contribution < -0.4 is 27.4 Å². The highest BCUT2D eigenvalue weighted by atomic mass is 16.4. The highest BCUT2D eigenvalue weighted by Crippen LogP contribution is 2.20. The van der Waals surface area contributed by atoms with E-state index in [2.05, 4.69) is 16.0 Å². The van der Waals surface area contributed by atoms with Gasteiger partial charge in [0.05, 0.1) is 12.1 Å². The molecule has 1 saturated heterocycles. The van der Waals surface area contributed by atoms with Crippen molar-refractivity contribution in [3.8, 4) is 0 Å². The van der Waals surface area contributed by atoms with Gasteiger partial charge in [0, 0.05) is 13.0 Å². The van der Waals surface area contributed by atoms with Crippen LogP contribution in [0.3, 0.4) is 0 Å². The molecule has 1 aliphatic heterocycles. The third kappa shape index (κ3) is 12.0. The van der Waals surface area contributed by atoms with Crippen LogP contribution in [0, 0.1) is 5.92 Å². The van der Waals surface area contributed by atoms with E-state index in [0.29, 0.717) is 32.2 Å². The van der Waals surface area contributed by atoms with Gasteiger partial charge < -0.3 is 47.6 Å². The standard InChI is InChI=1S/C26H46N6O9/c1-14(2)13-18(26(40)41)30-24(38)19-8-6-12-32(19)25(39)21(15(3)33)31-23(37)17(9-10-20(34)35)29-22(36)16(28)7-4-5-11-27/h14-19,21,33H,4-13,27-28H2,1-3H3,(H,29,36)(H,30,38)(H,31,37)(H,34,35)(H,40,41)/t15-,16+,17+,18+,19+,21+/m1/s1. The molecule has 1 fully saturated rings. The maximum atomic E-state index is 13.4. The number of aliphatic hydroxyl groups excluding tert-OH is 1. The van der Waals surface area contributed by atoms with Crippen molar-refractivity contribution in [3.63, 3.8) is 0 Å². The number of carboxylic acid groups (broad SMARTS) is 2. The van der Waals surface area contributed by atoms with Gasteiger partial charge in [-0.2, -0.15) is 0 Å². The van der Waals surface area contributed by atoms with Crippen LogP contribution in [0.5, 0.6) is 0 Å². The van der Waals surface area contributed by atoms with Gasteiger partial charge in [-0.1, -0.05) is 20.3 Å². The van der Waals surface area contributed by atoms with Gasteiger partial charge in [0.2, 0.25) is 23.6 Å². The Bertz CT molecular complexity index is 929. The summed E-state index contributed by atoms with van der Waals surface area (Å²) < 4.78 is 0. The molecule has 234 valence electrons. The molecule has 0 aromatic carbocycles. The summed E-state index contributed by atoms with van der Waals surface area (Å²) in [7, 11) is 0. The fourth-order valence-corrected chi connectivity index (χ4v) is 4.54. The first kappa shape index (κ1) is 35.7. The van der Waals surface area contributed by atoms with Crippen LogP contribution in [-0.2, 0) is 28.8 Å². The lowest BCUT2D eigenvalue weighted by Gasteiger charge is -2.31. The molecule has 10 N–H and O–H groups in total. The Labute approximate surface area is 239 Å². The third-order valence-corrected chi connectivity index (χ3v) is 6.79. The number of aliphatic hydroxyl groups is 1. The number of amides is 4. The van der Waals surface area contributed by atoms with Crippen LogP contribution in [0.1, 0.15) is 72.1 Å². The Hall–Kier alpha value is -3.30. The minimum atomic E-state index is -1.52. The zero-order valence-electron chi connectivity index (χ0n) is 24.0. The molecular formula is C26H46N6O9. The Balaban J connectivity index is 3.03. The third-order valence-electron chi connectivity index (χ3n) is 6.79. The van der Waals surface area contributed by atoms with Crippen molar-refractivity contribution < 1.29 is 44.1 Å². The Morgan fingerprint density at radius 1 is 0.927 bits per heavy atom. The average molecular weight is 587 g/mol. The molecule has 15 heteroatoms. The summed E-state index contributed by atoms with van der Waals surface area (Å²) in [4.78, 5) is 76.1. The van der Waals surface area contributed by atoms with E-state index in [-0.39, 0.29) is 31.7 Å². The summed E-state index contributed by atoms with van der Waals surface area (Å²) in [5, 5.41) is 36.2. The van der Waals surface area contributed by atoms with E-state index in [9.17, 15) is 39.0 Å². The minimum Gasteiger partial charge on any atom is -0.481 e. The Kier molecular flexibility index (Phi) is 15.2. The highest BCUT2D eigenvalue weighted by Gasteiger charge is 2.41. The topological polar surface area (TPSA) is 254 Å². The number of carbonyl (C=O) groups excluding carboxylic acids is 4. The number of nitrogens with two attached hydrogens (primary N) is 2. The smallest absolute Gasteiger partial charge is 0.326 e. The molecule has 1 heterocycles. The highest BCUT2D eigenvalue weighted by molar-refractivity contribution is 5.96. The van der Waals surface area contributed by atoms with Crippen molar-refractivity contribution in [2.24, 2.45) is 17.4 Å². The SMILES string of the molecule is CC(C)C[C@H](NC(=O)[C@@H]1CCCN1C(=O)[C@@H](NC(=O)[C@H](CCC(=O)O)NC(=O)[C@@H](N)CCCCN)[C@@H](C)O)C(=O)O. The number of nitrogens with one attached hydrogen (secondary N) is 3. The first-order valence-corrected chi connectivity index (χ1v) is 14.0. The largest absolute Gasteiger partial charge is 0.481 e. The quantitative estimate of drug-likeness (QED) is 0.0837. The van der Waals surface area contributed by atoms with Crippen molar-refractivity contribution >= 4 is 35.6 Å². The summed E-state index contributed by atoms with van der Waals surface area (Å²) in [5.74, 6) is -5.45. The molecule has 0 aromatic rings. The second-order valence-corrected chi connectivity index (χ2v) is 10.8. The molecule has 0 aromatic heterocycles. The molecule has 6 atom stereocenters. The van der Waals surface area contributed by atoms with Crippen molar-refractivity contribution in [3.05, 3.63) is 0 Å². The molecule has 4 amide bonds. The normalized spacial score (nSPS) is 18.6. The molecule has 15 nitrogen and oxygen atoms in total. The van der Waals surface area contributed by atoms with E-state index < -0.39 is 78.3 Å². The van der Waals surface area contributed by atoms with E-state index >= 15 is 0 Å². The second-order valence-electron chi connectivity index (χ2n) is 10.8. The number of hydrogen-bond acceptors (Lipinski definition) is 9. The van der Waals surface area contributed by atoms with Crippen molar-refractivity contribution in [1.29, 1.82) is 0 Å². The summed E-state index contributed by atoms with van der Waals surface area (Å²) in [5.41, 5.74) is 11.3. The first-order valence-electron chi connectivity index (χ1n) is 14.0. The van der Waals surface area contributed by atoms with Gasteiger partial charge in [-0.3, -0.25) is 24.0 Å². The van der Waals surface area contributed by atoms with Gasteiger partial charge in [0.15, 0.2) is 0 Å². The van der Waals surface area contributed by atoms with Gasteiger partial charge in [0.1, 0.15) is 24.2 Å².